The van der Waals surface area contributed by atoms with Gasteiger partial charge in [-0.1, -0.05) is 0 Å². The molecule has 0 radical (unpaired) electrons. The molecule has 7 heteroatoms. The number of halogens is 3. The summed E-state index contributed by atoms with van der Waals surface area (Å²) < 4.78 is 51.8. The third-order valence-corrected chi connectivity index (χ3v) is 2.81. The predicted octanol–water partition coefficient (Wildman–Crippen LogP) is 1.90. The van der Waals surface area contributed by atoms with Crippen LogP contribution in [0.5, 0.6) is 5.75 Å². The van der Waals surface area contributed by atoms with Crippen LogP contribution >= 0.6 is 10.7 Å². The Morgan fingerprint density at radius 1 is 1.29 bits per heavy atom. The van der Waals surface area contributed by atoms with Gasteiger partial charge in [0.2, 0.25) is 0 Å². The van der Waals surface area contributed by atoms with Crippen molar-refractivity contribution in [3.63, 3.8) is 0 Å². The number of hydrogen-bond donors (Lipinski definition) is 0. The molecule has 0 saturated heterocycles. The monoisotopic (exact) mass is 242 g/mol. The van der Waals surface area contributed by atoms with Gasteiger partial charge in [0.25, 0.3) is 9.05 Å². The quantitative estimate of drug-likeness (QED) is 0.744. The molecule has 0 aliphatic heterocycles. The molecule has 0 spiro atoms. The average Bonchev–Trinajstić information content (AvgIpc) is 2.06. The fourth-order valence-electron chi connectivity index (χ4n) is 0.854. The van der Waals surface area contributed by atoms with Gasteiger partial charge in [0.05, 0.1) is 7.11 Å². The second kappa shape index (κ2) is 3.70. The minimum absolute atomic E-state index is 0.383. The Labute approximate surface area is 83.7 Å². The minimum atomic E-state index is -4.28. The summed E-state index contributed by atoms with van der Waals surface area (Å²) >= 11 is 0. The molecule has 0 heterocycles. The lowest BCUT2D eigenvalue weighted by molar-refractivity contribution is 0.380. The van der Waals surface area contributed by atoms with Crippen LogP contribution in [0.1, 0.15) is 0 Å². The lowest BCUT2D eigenvalue weighted by Gasteiger charge is -2.04. The average molecular weight is 243 g/mol. The van der Waals surface area contributed by atoms with Gasteiger partial charge in [-0.3, -0.25) is 0 Å². The molecule has 0 unspecified atom stereocenters. The van der Waals surface area contributed by atoms with Gasteiger partial charge in [0.15, 0.2) is 11.6 Å². The Balaban J connectivity index is 3.44. The van der Waals surface area contributed by atoms with E-state index in [-0.39, 0.29) is 5.75 Å². The third-order valence-electron chi connectivity index (χ3n) is 1.47. The molecule has 0 aromatic heterocycles. The molecule has 1 rings (SSSR count). The van der Waals surface area contributed by atoms with Crippen LogP contribution in [0.15, 0.2) is 17.0 Å². The highest BCUT2D eigenvalue weighted by atomic mass is 35.7. The van der Waals surface area contributed by atoms with Crippen LogP contribution in [0.2, 0.25) is 0 Å². The van der Waals surface area contributed by atoms with Gasteiger partial charge < -0.3 is 4.74 Å². The smallest absolute Gasteiger partial charge is 0.264 e. The van der Waals surface area contributed by atoms with Crippen LogP contribution in [0.25, 0.3) is 0 Å². The molecule has 0 fully saturated rings. The second-order valence-corrected chi connectivity index (χ2v) is 4.89. The second-order valence-electron chi connectivity index (χ2n) is 2.36. The molecule has 0 bridgehead atoms. The molecule has 0 saturated carbocycles. The van der Waals surface area contributed by atoms with Crippen molar-refractivity contribution in [1.82, 2.24) is 0 Å². The van der Waals surface area contributed by atoms with E-state index in [4.69, 9.17) is 10.7 Å². The lowest BCUT2D eigenvalue weighted by atomic mass is 10.3. The van der Waals surface area contributed by atoms with E-state index >= 15 is 0 Å². The molecule has 0 amide bonds. The van der Waals surface area contributed by atoms with E-state index in [1.165, 1.54) is 0 Å². The van der Waals surface area contributed by atoms with Crippen LogP contribution in [0.3, 0.4) is 0 Å². The Kier molecular flexibility index (Phi) is 2.96. The predicted molar refractivity (Wildman–Crippen MR) is 45.9 cm³/mol. The molecule has 0 aliphatic rings. The van der Waals surface area contributed by atoms with Crippen molar-refractivity contribution in [1.29, 1.82) is 0 Å². The summed E-state index contributed by atoms with van der Waals surface area (Å²) in [5, 5.41) is 0. The van der Waals surface area contributed by atoms with Crippen LogP contribution < -0.4 is 4.74 Å². The van der Waals surface area contributed by atoms with E-state index < -0.39 is 25.6 Å². The highest BCUT2D eigenvalue weighted by Gasteiger charge is 2.19. The fourth-order valence-corrected chi connectivity index (χ4v) is 1.74. The molecule has 1 aromatic carbocycles. The summed E-state index contributed by atoms with van der Waals surface area (Å²) in [7, 11) is 1.71. The van der Waals surface area contributed by atoms with Crippen molar-refractivity contribution >= 4 is 19.7 Å². The number of hydrogen-bond acceptors (Lipinski definition) is 3. The van der Waals surface area contributed by atoms with E-state index in [1.807, 2.05) is 0 Å². The first-order valence-corrected chi connectivity index (χ1v) is 5.65. The maximum atomic E-state index is 13.0. The highest BCUT2D eigenvalue weighted by Crippen LogP contribution is 2.26. The summed E-state index contributed by atoms with van der Waals surface area (Å²) in [5.74, 6) is -2.53. The first-order chi connectivity index (χ1) is 6.36. The molecule has 78 valence electrons. The van der Waals surface area contributed by atoms with Gasteiger partial charge in [-0.05, 0) is 0 Å². The van der Waals surface area contributed by atoms with E-state index in [1.54, 1.807) is 0 Å². The first kappa shape index (κ1) is 11.2. The molecular formula is C7H5ClF2O3S. The van der Waals surface area contributed by atoms with Crippen molar-refractivity contribution in [3.05, 3.63) is 23.8 Å². The van der Waals surface area contributed by atoms with Crippen LogP contribution in [-0.4, -0.2) is 15.5 Å². The normalized spacial score (nSPS) is 11.4. The molecule has 14 heavy (non-hydrogen) atoms. The Morgan fingerprint density at radius 3 is 2.29 bits per heavy atom. The number of ether oxygens (including phenoxy) is 1. The van der Waals surface area contributed by atoms with Crippen LogP contribution in [0, 0.1) is 11.6 Å². The van der Waals surface area contributed by atoms with Gasteiger partial charge in [-0.15, -0.1) is 0 Å². The summed E-state index contributed by atoms with van der Waals surface area (Å²) in [6.45, 7) is 0. The number of benzene rings is 1. The summed E-state index contributed by atoms with van der Waals surface area (Å²) in [4.78, 5) is -0.905. The molecule has 0 aliphatic carbocycles. The zero-order valence-corrected chi connectivity index (χ0v) is 8.49. The molecule has 3 nitrogen and oxygen atoms in total. The van der Waals surface area contributed by atoms with E-state index in [9.17, 15) is 17.2 Å². The minimum Gasteiger partial charge on any atom is -0.494 e. The number of rotatable bonds is 2. The van der Waals surface area contributed by atoms with E-state index in [0.717, 1.165) is 7.11 Å². The molecule has 0 N–H and O–H groups in total. The van der Waals surface area contributed by atoms with Crippen molar-refractivity contribution in [3.8, 4) is 5.75 Å². The molecular weight excluding hydrogens is 238 g/mol. The largest absolute Gasteiger partial charge is 0.494 e. The van der Waals surface area contributed by atoms with E-state index in [0.29, 0.717) is 12.1 Å². The van der Waals surface area contributed by atoms with Gasteiger partial charge >= 0.3 is 0 Å². The summed E-state index contributed by atoms with van der Waals surface area (Å²) in [6, 6.07) is 1.08. The van der Waals surface area contributed by atoms with Crippen LogP contribution in [-0.2, 0) is 9.05 Å². The fraction of sp³-hybridized carbons (Fsp3) is 0.143. The molecule has 1 aromatic rings. The van der Waals surface area contributed by atoms with Gasteiger partial charge in [0.1, 0.15) is 10.7 Å². The standard InChI is InChI=1S/C7H5ClF2O3S/c1-13-6-2-5(10)7(3-4(6)9)14(8,11)12/h2-3H,1H3. The topological polar surface area (TPSA) is 43.4 Å². The maximum Gasteiger partial charge on any atom is 0.264 e. The van der Waals surface area contributed by atoms with Crippen molar-refractivity contribution in [2.24, 2.45) is 0 Å². The van der Waals surface area contributed by atoms with Crippen molar-refractivity contribution in [2.45, 2.75) is 4.90 Å². The lowest BCUT2D eigenvalue weighted by Crippen LogP contribution is -1.98. The van der Waals surface area contributed by atoms with Crippen molar-refractivity contribution in [2.75, 3.05) is 7.11 Å². The Morgan fingerprint density at radius 2 is 1.86 bits per heavy atom. The van der Waals surface area contributed by atoms with Gasteiger partial charge in [0, 0.05) is 22.8 Å². The number of methoxy groups -OCH3 is 1. The zero-order valence-electron chi connectivity index (χ0n) is 6.92. The highest BCUT2D eigenvalue weighted by molar-refractivity contribution is 8.13. The summed E-state index contributed by atoms with van der Waals surface area (Å²) in [6.07, 6.45) is 0. The molecule has 0 atom stereocenters. The summed E-state index contributed by atoms with van der Waals surface area (Å²) in [5.41, 5.74) is 0. The van der Waals surface area contributed by atoms with Crippen molar-refractivity contribution < 1.29 is 21.9 Å². The maximum absolute atomic E-state index is 13.0. The van der Waals surface area contributed by atoms with Crippen LogP contribution in [0.4, 0.5) is 8.78 Å². The Bertz CT molecular complexity index is 458. The Hall–Kier alpha value is -0.880. The van der Waals surface area contributed by atoms with Gasteiger partial charge in [-0.25, -0.2) is 17.2 Å². The zero-order chi connectivity index (χ0) is 10.9. The SMILES string of the molecule is COc1cc(F)c(S(=O)(=O)Cl)cc1F. The van der Waals surface area contributed by atoms with Gasteiger partial charge in [-0.2, -0.15) is 0 Å². The van der Waals surface area contributed by atoms with E-state index in [2.05, 4.69) is 4.74 Å². The first-order valence-electron chi connectivity index (χ1n) is 3.34. The third kappa shape index (κ3) is 2.13.